The van der Waals surface area contributed by atoms with Crippen LogP contribution in [-0.4, -0.2) is 40.5 Å². The van der Waals surface area contributed by atoms with Crippen LogP contribution >= 0.6 is 0 Å². The largest absolute Gasteiger partial charge is 0.310 e. The molecular formula is C15H22N4. The van der Waals surface area contributed by atoms with E-state index in [-0.39, 0.29) is 0 Å². The van der Waals surface area contributed by atoms with Crippen molar-refractivity contribution < 1.29 is 0 Å². The van der Waals surface area contributed by atoms with E-state index in [1.807, 2.05) is 24.4 Å². The molecule has 102 valence electrons. The second-order valence-electron chi connectivity index (χ2n) is 5.28. The van der Waals surface area contributed by atoms with Gasteiger partial charge in [-0.15, -0.1) is 0 Å². The Morgan fingerprint density at radius 2 is 2.05 bits per heavy atom. The van der Waals surface area contributed by atoms with Crippen LogP contribution in [0.25, 0.3) is 5.65 Å². The molecule has 0 radical (unpaired) electrons. The van der Waals surface area contributed by atoms with E-state index in [2.05, 4.69) is 25.8 Å². The first-order valence-electron chi connectivity index (χ1n) is 7.27. The van der Waals surface area contributed by atoms with Crippen molar-refractivity contribution in [3.63, 3.8) is 0 Å². The first kappa shape index (κ1) is 12.6. The van der Waals surface area contributed by atoms with Gasteiger partial charge < -0.3 is 14.6 Å². The van der Waals surface area contributed by atoms with E-state index in [0.29, 0.717) is 0 Å². The molecule has 2 aromatic heterocycles. The fraction of sp³-hybridized carbons (Fsp3) is 0.533. The molecular weight excluding hydrogens is 236 g/mol. The fourth-order valence-corrected chi connectivity index (χ4v) is 2.71. The number of hydrogen-bond acceptors (Lipinski definition) is 3. The molecule has 1 N–H and O–H groups in total. The number of nitrogens with zero attached hydrogens (tertiary/aromatic N) is 3. The number of piperidine rings is 1. The molecule has 0 saturated carbocycles. The number of aromatic nitrogens is 2. The summed E-state index contributed by atoms with van der Waals surface area (Å²) in [6.07, 6.45) is 8.28. The quantitative estimate of drug-likeness (QED) is 0.832. The van der Waals surface area contributed by atoms with E-state index in [1.165, 1.54) is 32.4 Å². The van der Waals surface area contributed by atoms with Crippen LogP contribution in [0.4, 0.5) is 0 Å². The van der Waals surface area contributed by atoms with Crippen LogP contribution in [0, 0.1) is 0 Å². The molecule has 1 aliphatic heterocycles. The van der Waals surface area contributed by atoms with Crippen molar-refractivity contribution >= 4 is 5.65 Å². The highest BCUT2D eigenvalue weighted by molar-refractivity contribution is 5.39. The number of hydrogen-bond donors (Lipinski definition) is 1. The Morgan fingerprint density at radius 1 is 1.16 bits per heavy atom. The molecule has 0 aliphatic carbocycles. The van der Waals surface area contributed by atoms with Crippen molar-refractivity contribution in [3.8, 4) is 0 Å². The van der Waals surface area contributed by atoms with Gasteiger partial charge in [0.1, 0.15) is 5.65 Å². The maximum Gasteiger partial charge on any atom is 0.137 e. The molecule has 1 saturated heterocycles. The average molecular weight is 258 g/mol. The van der Waals surface area contributed by atoms with Crippen LogP contribution in [0.3, 0.4) is 0 Å². The van der Waals surface area contributed by atoms with E-state index in [1.54, 1.807) is 0 Å². The fourth-order valence-electron chi connectivity index (χ4n) is 2.71. The lowest BCUT2D eigenvalue weighted by Gasteiger charge is -2.26. The number of fused-ring (bicyclic) bond motifs is 1. The summed E-state index contributed by atoms with van der Waals surface area (Å²) >= 11 is 0. The lowest BCUT2D eigenvalue weighted by molar-refractivity contribution is 0.229. The highest BCUT2D eigenvalue weighted by Crippen LogP contribution is 2.07. The second-order valence-corrected chi connectivity index (χ2v) is 5.28. The molecule has 0 bridgehead atoms. The first-order valence-corrected chi connectivity index (χ1v) is 7.27. The summed E-state index contributed by atoms with van der Waals surface area (Å²) in [4.78, 5) is 7.14. The zero-order valence-electron chi connectivity index (χ0n) is 11.4. The molecule has 0 unspecified atom stereocenters. The van der Waals surface area contributed by atoms with E-state index < -0.39 is 0 Å². The third-order valence-corrected chi connectivity index (χ3v) is 3.77. The van der Waals surface area contributed by atoms with Crippen molar-refractivity contribution in [3.05, 3.63) is 36.3 Å². The molecule has 3 heterocycles. The van der Waals surface area contributed by atoms with Gasteiger partial charge in [0.05, 0.1) is 5.69 Å². The highest BCUT2D eigenvalue weighted by atomic mass is 15.1. The molecule has 3 rings (SSSR count). The molecule has 4 heteroatoms. The summed E-state index contributed by atoms with van der Waals surface area (Å²) in [6.45, 7) is 5.61. The smallest absolute Gasteiger partial charge is 0.137 e. The molecule has 19 heavy (non-hydrogen) atoms. The second kappa shape index (κ2) is 6.17. The Bertz CT molecular complexity index is 481. The van der Waals surface area contributed by atoms with Gasteiger partial charge in [-0.2, -0.15) is 0 Å². The van der Waals surface area contributed by atoms with E-state index in [4.69, 9.17) is 0 Å². The van der Waals surface area contributed by atoms with Gasteiger partial charge in [-0.05, 0) is 38.1 Å². The van der Waals surface area contributed by atoms with Crippen molar-refractivity contribution in [2.45, 2.75) is 25.8 Å². The molecule has 0 atom stereocenters. The van der Waals surface area contributed by atoms with Crippen LogP contribution < -0.4 is 5.32 Å². The summed E-state index contributed by atoms with van der Waals surface area (Å²) in [5, 5.41) is 3.49. The van der Waals surface area contributed by atoms with E-state index in [9.17, 15) is 0 Å². The summed E-state index contributed by atoms with van der Waals surface area (Å²) in [5.41, 5.74) is 2.14. The molecule has 0 amide bonds. The van der Waals surface area contributed by atoms with Crippen molar-refractivity contribution in [1.29, 1.82) is 0 Å². The van der Waals surface area contributed by atoms with E-state index >= 15 is 0 Å². The minimum Gasteiger partial charge on any atom is -0.310 e. The maximum absolute atomic E-state index is 4.58. The van der Waals surface area contributed by atoms with Gasteiger partial charge in [0.2, 0.25) is 0 Å². The van der Waals surface area contributed by atoms with Gasteiger partial charge in [-0.1, -0.05) is 12.5 Å². The maximum atomic E-state index is 4.58. The molecule has 1 fully saturated rings. The van der Waals surface area contributed by atoms with Gasteiger partial charge in [-0.3, -0.25) is 0 Å². The van der Waals surface area contributed by atoms with Crippen molar-refractivity contribution in [1.82, 2.24) is 19.6 Å². The SMILES string of the molecule is c1ccn2cc(CNCCN3CCCCC3)nc2c1. The molecule has 2 aromatic rings. The topological polar surface area (TPSA) is 32.6 Å². The normalized spacial score (nSPS) is 17.1. The summed E-state index contributed by atoms with van der Waals surface area (Å²) < 4.78 is 2.07. The minimum absolute atomic E-state index is 0.857. The number of likely N-dealkylation sites (tertiary alicyclic amines) is 1. The van der Waals surface area contributed by atoms with Crippen LogP contribution in [0.1, 0.15) is 25.0 Å². The molecule has 4 nitrogen and oxygen atoms in total. The Kier molecular flexibility index (Phi) is 4.10. The zero-order chi connectivity index (χ0) is 12.9. The van der Waals surface area contributed by atoms with Crippen LogP contribution in [0.5, 0.6) is 0 Å². The lowest BCUT2D eigenvalue weighted by atomic mass is 10.1. The Hall–Kier alpha value is -1.39. The highest BCUT2D eigenvalue weighted by Gasteiger charge is 2.08. The summed E-state index contributed by atoms with van der Waals surface area (Å²) in [6, 6.07) is 6.09. The summed E-state index contributed by atoms with van der Waals surface area (Å²) in [5.74, 6) is 0. The van der Waals surface area contributed by atoms with Gasteiger partial charge in [0, 0.05) is 32.0 Å². The third-order valence-electron chi connectivity index (χ3n) is 3.77. The number of pyridine rings is 1. The van der Waals surface area contributed by atoms with Crippen molar-refractivity contribution in [2.75, 3.05) is 26.2 Å². The third kappa shape index (κ3) is 3.33. The summed E-state index contributed by atoms with van der Waals surface area (Å²) in [7, 11) is 0. The van der Waals surface area contributed by atoms with Crippen LogP contribution in [-0.2, 0) is 6.54 Å². The Labute approximate surface area is 114 Å². The first-order chi connectivity index (χ1) is 9.42. The van der Waals surface area contributed by atoms with Crippen LogP contribution in [0.2, 0.25) is 0 Å². The number of rotatable bonds is 5. The monoisotopic (exact) mass is 258 g/mol. The van der Waals surface area contributed by atoms with Gasteiger partial charge in [-0.25, -0.2) is 4.98 Å². The standard InChI is InChI=1S/C15H22N4/c1-3-8-18(9-4-1)11-7-16-12-14-13-19-10-5-2-6-15(19)17-14/h2,5-6,10,13,16H,1,3-4,7-9,11-12H2. The van der Waals surface area contributed by atoms with Crippen molar-refractivity contribution in [2.24, 2.45) is 0 Å². The van der Waals surface area contributed by atoms with Gasteiger partial charge >= 0.3 is 0 Å². The minimum atomic E-state index is 0.857. The van der Waals surface area contributed by atoms with Gasteiger partial charge in [0.15, 0.2) is 0 Å². The predicted octanol–water partition coefficient (Wildman–Crippen LogP) is 1.91. The predicted molar refractivity (Wildman–Crippen MR) is 77.2 cm³/mol. The molecule has 1 aliphatic rings. The Morgan fingerprint density at radius 3 is 2.89 bits per heavy atom. The lowest BCUT2D eigenvalue weighted by Crippen LogP contribution is -2.35. The van der Waals surface area contributed by atoms with Crippen LogP contribution in [0.15, 0.2) is 30.6 Å². The molecule has 0 aromatic carbocycles. The molecule has 0 spiro atoms. The Balaban J connectivity index is 1.44. The van der Waals surface area contributed by atoms with E-state index in [0.717, 1.165) is 31.0 Å². The van der Waals surface area contributed by atoms with Gasteiger partial charge in [0.25, 0.3) is 0 Å². The number of nitrogens with one attached hydrogen (secondary N) is 1. The average Bonchev–Trinajstić information content (AvgIpc) is 2.87. The number of imidazole rings is 1. The zero-order valence-corrected chi connectivity index (χ0v) is 11.4.